The average molecular weight is 348 g/mol. The third-order valence-corrected chi connectivity index (χ3v) is 4.34. The maximum atomic E-state index is 12.9. The predicted molar refractivity (Wildman–Crippen MR) is 84.5 cm³/mol. The Kier molecular flexibility index (Phi) is 3.94. The van der Waals surface area contributed by atoms with E-state index in [1.54, 1.807) is 23.5 Å². The third kappa shape index (κ3) is 3.14. The molecule has 0 aliphatic carbocycles. The Hall–Kier alpha value is -1.52. The largest absolute Gasteiger partial charge is 0.241 e. The molecule has 1 nitrogen and oxygen atoms in total. The van der Waals surface area contributed by atoms with Gasteiger partial charge in [0.25, 0.3) is 0 Å². The standard InChI is InChI=1S/C16H11BrFNS/c17-13-5-1-11(2-6-13)9-16-19-15(10-20-16)12-3-7-14(18)8-4-12/h1-8,10H,9H2. The van der Waals surface area contributed by atoms with E-state index in [1.165, 1.54) is 17.7 Å². The summed E-state index contributed by atoms with van der Waals surface area (Å²) in [5, 5.41) is 3.08. The summed E-state index contributed by atoms with van der Waals surface area (Å²) in [6.07, 6.45) is 0.819. The maximum Gasteiger partial charge on any atom is 0.123 e. The summed E-state index contributed by atoms with van der Waals surface area (Å²) < 4.78 is 14.0. The van der Waals surface area contributed by atoms with Gasteiger partial charge in [0.05, 0.1) is 10.7 Å². The van der Waals surface area contributed by atoms with Crippen molar-refractivity contribution in [2.24, 2.45) is 0 Å². The number of rotatable bonds is 3. The maximum absolute atomic E-state index is 12.9. The van der Waals surface area contributed by atoms with Crippen molar-refractivity contribution in [1.82, 2.24) is 4.98 Å². The molecule has 0 spiro atoms. The van der Waals surface area contributed by atoms with E-state index >= 15 is 0 Å². The molecule has 0 saturated carbocycles. The van der Waals surface area contributed by atoms with Gasteiger partial charge in [-0.1, -0.05) is 28.1 Å². The lowest BCUT2D eigenvalue weighted by Crippen LogP contribution is -1.87. The van der Waals surface area contributed by atoms with Crippen LogP contribution >= 0.6 is 27.3 Å². The third-order valence-electron chi connectivity index (χ3n) is 2.96. The van der Waals surface area contributed by atoms with Crippen LogP contribution in [-0.2, 0) is 6.42 Å². The molecule has 3 rings (SSSR count). The molecule has 1 heterocycles. The molecule has 100 valence electrons. The zero-order valence-corrected chi connectivity index (χ0v) is 12.9. The number of nitrogens with zero attached hydrogens (tertiary/aromatic N) is 1. The van der Waals surface area contributed by atoms with E-state index < -0.39 is 0 Å². The van der Waals surface area contributed by atoms with Crippen LogP contribution in [0.2, 0.25) is 0 Å². The quantitative estimate of drug-likeness (QED) is 0.626. The van der Waals surface area contributed by atoms with Crippen LogP contribution in [0.15, 0.2) is 58.4 Å². The summed E-state index contributed by atoms with van der Waals surface area (Å²) in [6.45, 7) is 0. The van der Waals surface area contributed by atoms with Gasteiger partial charge in [0.15, 0.2) is 0 Å². The summed E-state index contributed by atoms with van der Waals surface area (Å²) in [6, 6.07) is 14.7. The lowest BCUT2D eigenvalue weighted by Gasteiger charge is -1.98. The fraction of sp³-hybridized carbons (Fsp3) is 0.0625. The molecule has 0 N–H and O–H groups in total. The Morgan fingerprint density at radius 3 is 2.40 bits per heavy atom. The van der Waals surface area contributed by atoms with Gasteiger partial charge in [0, 0.05) is 21.8 Å². The molecule has 0 radical (unpaired) electrons. The Morgan fingerprint density at radius 2 is 1.70 bits per heavy atom. The summed E-state index contributed by atoms with van der Waals surface area (Å²) in [4.78, 5) is 4.61. The van der Waals surface area contributed by atoms with Crippen LogP contribution in [0.1, 0.15) is 10.6 Å². The van der Waals surface area contributed by atoms with Gasteiger partial charge in [-0.25, -0.2) is 9.37 Å². The summed E-state index contributed by atoms with van der Waals surface area (Å²) >= 11 is 5.06. The fourth-order valence-electron chi connectivity index (χ4n) is 1.92. The van der Waals surface area contributed by atoms with Crippen LogP contribution in [0.3, 0.4) is 0 Å². The van der Waals surface area contributed by atoms with E-state index in [2.05, 4.69) is 33.0 Å². The van der Waals surface area contributed by atoms with Gasteiger partial charge in [-0.15, -0.1) is 11.3 Å². The molecular formula is C16H11BrFNS. The second kappa shape index (κ2) is 5.85. The highest BCUT2D eigenvalue weighted by atomic mass is 79.9. The SMILES string of the molecule is Fc1ccc(-c2csc(Cc3ccc(Br)cc3)n2)cc1. The van der Waals surface area contributed by atoms with E-state index in [1.807, 2.05) is 17.5 Å². The van der Waals surface area contributed by atoms with Gasteiger partial charge in [0.2, 0.25) is 0 Å². The minimum atomic E-state index is -0.223. The number of hydrogen-bond acceptors (Lipinski definition) is 2. The molecular weight excluding hydrogens is 337 g/mol. The summed E-state index contributed by atoms with van der Waals surface area (Å²) in [7, 11) is 0. The number of benzene rings is 2. The molecule has 1 aromatic heterocycles. The normalized spacial score (nSPS) is 10.7. The van der Waals surface area contributed by atoms with Crippen molar-refractivity contribution in [3.63, 3.8) is 0 Å². The topological polar surface area (TPSA) is 12.9 Å². The van der Waals surface area contributed by atoms with Gasteiger partial charge in [-0.3, -0.25) is 0 Å². The van der Waals surface area contributed by atoms with Crippen LogP contribution in [0, 0.1) is 5.82 Å². The molecule has 0 atom stereocenters. The Labute approximate surface area is 129 Å². The Bertz CT molecular complexity index is 704. The zero-order valence-electron chi connectivity index (χ0n) is 10.5. The number of aromatic nitrogens is 1. The fourth-order valence-corrected chi connectivity index (χ4v) is 3.02. The highest BCUT2D eigenvalue weighted by molar-refractivity contribution is 9.10. The van der Waals surface area contributed by atoms with Gasteiger partial charge < -0.3 is 0 Å². The number of thiazole rings is 1. The zero-order chi connectivity index (χ0) is 13.9. The summed E-state index contributed by atoms with van der Waals surface area (Å²) in [5.41, 5.74) is 3.08. The van der Waals surface area contributed by atoms with Crippen molar-refractivity contribution in [2.45, 2.75) is 6.42 Å². The average Bonchev–Trinajstić information content (AvgIpc) is 2.91. The van der Waals surface area contributed by atoms with E-state index in [0.717, 1.165) is 27.2 Å². The highest BCUT2D eigenvalue weighted by Gasteiger charge is 2.05. The lowest BCUT2D eigenvalue weighted by atomic mass is 10.1. The molecule has 0 unspecified atom stereocenters. The van der Waals surface area contributed by atoms with Crippen molar-refractivity contribution < 1.29 is 4.39 Å². The second-order valence-corrected chi connectivity index (χ2v) is 6.29. The van der Waals surface area contributed by atoms with Crippen LogP contribution in [-0.4, -0.2) is 4.98 Å². The molecule has 0 fully saturated rings. The van der Waals surface area contributed by atoms with Crippen LogP contribution in [0.5, 0.6) is 0 Å². The smallest absolute Gasteiger partial charge is 0.123 e. The highest BCUT2D eigenvalue weighted by Crippen LogP contribution is 2.24. The first-order valence-corrected chi connectivity index (χ1v) is 7.83. The monoisotopic (exact) mass is 347 g/mol. The first-order valence-electron chi connectivity index (χ1n) is 6.15. The second-order valence-electron chi connectivity index (χ2n) is 4.44. The molecule has 2 aromatic carbocycles. The van der Waals surface area contributed by atoms with Crippen LogP contribution in [0.25, 0.3) is 11.3 Å². The van der Waals surface area contributed by atoms with Gasteiger partial charge in [0.1, 0.15) is 5.82 Å². The number of hydrogen-bond donors (Lipinski definition) is 0. The van der Waals surface area contributed by atoms with Crippen molar-refractivity contribution in [3.05, 3.63) is 74.8 Å². The van der Waals surface area contributed by atoms with Gasteiger partial charge in [-0.2, -0.15) is 0 Å². The van der Waals surface area contributed by atoms with Crippen molar-refractivity contribution in [3.8, 4) is 11.3 Å². The number of halogens is 2. The molecule has 0 saturated heterocycles. The first kappa shape index (κ1) is 13.5. The molecule has 20 heavy (non-hydrogen) atoms. The van der Waals surface area contributed by atoms with Crippen molar-refractivity contribution in [1.29, 1.82) is 0 Å². The molecule has 3 aromatic rings. The van der Waals surface area contributed by atoms with E-state index in [0.29, 0.717) is 0 Å². The van der Waals surface area contributed by atoms with E-state index in [-0.39, 0.29) is 5.82 Å². The minimum Gasteiger partial charge on any atom is -0.241 e. The predicted octanol–water partition coefficient (Wildman–Crippen LogP) is 5.30. The van der Waals surface area contributed by atoms with Crippen molar-refractivity contribution in [2.75, 3.05) is 0 Å². The minimum absolute atomic E-state index is 0.223. The van der Waals surface area contributed by atoms with E-state index in [4.69, 9.17) is 0 Å². The lowest BCUT2D eigenvalue weighted by molar-refractivity contribution is 0.628. The van der Waals surface area contributed by atoms with E-state index in [9.17, 15) is 4.39 Å². The van der Waals surface area contributed by atoms with Crippen LogP contribution in [0.4, 0.5) is 4.39 Å². The molecule has 0 amide bonds. The molecule has 0 aliphatic heterocycles. The first-order chi connectivity index (χ1) is 9.70. The van der Waals surface area contributed by atoms with Gasteiger partial charge >= 0.3 is 0 Å². The Morgan fingerprint density at radius 1 is 1.00 bits per heavy atom. The molecule has 4 heteroatoms. The van der Waals surface area contributed by atoms with Gasteiger partial charge in [-0.05, 0) is 42.0 Å². The Balaban J connectivity index is 1.80. The van der Waals surface area contributed by atoms with Crippen LogP contribution < -0.4 is 0 Å². The molecule has 0 bridgehead atoms. The molecule has 0 aliphatic rings. The summed E-state index contributed by atoms with van der Waals surface area (Å²) in [5.74, 6) is -0.223. The van der Waals surface area contributed by atoms with Crippen molar-refractivity contribution >= 4 is 27.3 Å².